The Morgan fingerprint density at radius 2 is 2.29 bits per heavy atom. The molecule has 0 saturated heterocycles. The summed E-state index contributed by atoms with van der Waals surface area (Å²) in [5.74, 6) is 0. The van der Waals surface area contributed by atoms with Crippen LogP contribution in [0.5, 0.6) is 0 Å². The van der Waals surface area contributed by atoms with Gasteiger partial charge in [0.15, 0.2) is 0 Å². The normalized spacial score (nSPS) is 16.1. The fourth-order valence-corrected chi connectivity index (χ4v) is 2.68. The molecule has 3 heteroatoms. The van der Waals surface area contributed by atoms with Crippen molar-refractivity contribution in [2.75, 3.05) is 6.54 Å². The highest BCUT2D eigenvalue weighted by Crippen LogP contribution is 2.23. The van der Waals surface area contributed by atoms with Crippen molar-refractivity contribution in [3.63, 3.8) is 0 Å². The Balaban J connectivity index is 1.56. The van der Waals surface area contributed by atoms with E-state index in [1.165, 1.54) is 37.1 Å². The molecule has 1 aliphatic rings. The van der Waals surface area contributed by atoms with Gasteiger partial charge in [0.1, 0.15) is 0 Å². The second-order valence-electron chi connectivity index (χ2n) is 3.88. The Bertz CT molecular complexity index is 281. The molecule has 0 atom stereocenters. The number of aryl methyl sites for hydroxylation is 1. The van der Waals surface area contributed by atoms with Crippen LogP contribution in [0.3, 0.4) is 0 Å². The van der Waals surface area contributed by atoms with E-state index >= 15 is 0 Å². The Kier molecular flexibility index (Phi) is 3.85. The Morgan fingerprint density at radius 1 is 1.43 bits per heavy atom. The summed E-state index contributed by atoms with van der Waals surface area (Å²) in [5.41, 5.74) is 0. The van der Waals surface area contributed by atoms with Crippen molar-refractivity contribution in [2.45, 2.75) is 38.1 Å². The first-order valence-corrected chi connectivity index (χ1v) is 6.57. The van der Waals surface area contributed by atoms with Crippen LogP contribution < -0.4 is 5.32 Å². The fraction of sp³-hybridized carbons (Fsp3) is 0.636. The lowest BCUT2D eigenvalue weighted by molar-refractivity contribution is 0.621. The average molecular weight is 230 g/mol. The van der Waals surface area contributed by atoms with Crippen molar-refractivity contribution in [2.24, 2.45) is 0 Å². The van der Waals surface area contributed by atoms with E-state index in [0.29, 0.717) is 0 Å². The van der Waals surface area contributed by atoms with Crippen LogP contribution in [-0.2, 0) is 6.42 Å². The maximum absolute atomic E-state index is 6.01. The number of hydrogen-bond donors (Lipinski definition) is 1. The molecule has 0 amide bonds. The van der Waals surface area contributed by atoms with E-state index in [1.54, 1.807) is 11.3 Å². The SMILES string of the molecule is Clc1ccsc1CCCCNC1CC1. The third-order valence-electron chi connectivity index (χ3n) is 2.53. The Morgan fingerprint density at radius 3 is 2.93 bits per heavy atom. The van der Waals surface area contributed by atoms with Gasteiger partial charge in [0, 0.05) is 10.9 Å². The monoisotopic (exact) mass is 229 g/mol. The predicted molar refractivity (Wildman–Crippen MR) is 63.3 cm³/mol. The molecule has 0 spiro atoms. The van der Waals surface area contributed by atoms with Crippen LogP contribution in [0.2, 0.25) is 5.02 Å². The van der Waals surface area contributed by atoms with Gasteiger partial charge in [0.05, 0.1) is 5.02 Å². The standard InChI is InChI=1S/C11H16ClNS/c12-10-6-8-14-11(10)3-1-2-7-13-9-4-5-9/h6,8-9,13H,1-5,7H2. The van der Waals surface area contributed by atoms with Crippen LogP contribution in [0.4, 0.5) is 0 Å². The Labute approximate surface area is 94.5 Å². The minimum Gasteiger partial charge on any atom is -0.314 e. The lowest BCUT2D eigenvalue weighted by Crippen LogP contribution is -2.17. The maximum Gasteiger partial charge on any atom is 0.0544 e. The number of unbranched alkanes of at least 4 members (excludes halogenated alkanes) is 1. The third kappa shape index (κ3) is 3.26. The minimum atomic E-state index is 0.848. The highest BCUT2D eigenvalue weighted by Gasteiger charge is 2.19. The molecular weight excluding hydrogens is 214 g/mol. The van der Waals surface area contributed by atoms with Gasteiger partial charge in [-0.2, -0.15) is 0 Å². The van der Waals surface area contributed by atoms with E-state index in [2.05, 4.69) is 10.7 Å². The molecule has 0 radical (unpaired) electrons. The van der Waals surface area contributed by atoms with Crippen molar-refractivity contribution in [1.29, 1.82) is 0 Å². The zero-order chi connectivity index (χ0) is 9.80. The van der Waals surface area contributed by atoms with Gasteiger partial charge < -0.3 is 5.32 Å². The summed E-state index contributed by atoms with van der Waals surface area (Å²) >= 11 is 7.78. The van der Waals surface area contributed by atoms with E-state index in [0.717, 1.165) is 17.5 Å². The van der Waals surface area contributed by atoms with Gasteiger partial charge in [-0.3, -0.25) is 0 Å². The zero-order valence-corrected chi connectivity index (χ0v) is 9.83. The molecular formula is C11H16ClNS. The maximum atomic E-state index is 6.01. The summed E-state index contributed by atoms with van der Waals surface area (Å²) in [6.45, 7) is 1.17. The van der Waals surface area contributed by atoms with Crippen LogP contribution >= 0.6 is 22.9 Å². The van der Waals surface area contributed by atoms with Crippen LogP contribution in [0, 0.1) is 0 Å². The molecule has 0 unspecified atom stereocenters. The van der Waals surface area contributed by atoms with Gasteiger partial charge in [0.25, 0.3) is 0 Å². The summed E-state index contributed by atoms with van der Waals surface area (Å²) in [5, 5.41) is 6.54. The van der Waals surface area contributed by atoms with Crippen molar-refractivity contribution in [3.8, 4) is 0 Å². The van der Waals surface area contributed by atoms with Crippen molar-refractivity contribution in [3.05, 3.63) is 21.3 Å². The molecule has 1 aromatic rings. The molecule has 0 aliphatic heterocycles. The summed E-state index contributed by atoms with van der Waals surface area (Å²) in [6, 6.07) is 2.84. The van der Waals surface area contributed by atoms with Crippen LogP contribution in [0.25, 0.3) is 0 Å². The zero-order valence-electron chi connectivity index (χ0n) is 8.26. The number of halogens is 1. The largest absolute Gasteiger partial charge is 0.314 e. The molecule has 0 bridgehead atoms. The summed E-state index contributed by atoms with van der Waals surface area (Å²) in [4.78, 5) is 1.35. The molecule has 1 fully saturated rings. The number of nitrogens with one attached hydrogen (secondary N) is 1. The number of rotatable bonds is 6. The van der Waals surface area contributed by atoms with Gasteiger partial charge in [-0.25, -0.2) is 0 Å². The molecule has 2 rings (SSSR count). The van der Waals surface area contributed by atoms with E-state index in [9.17, 15) is 0 Å². The van der Waals surface area contributed by atoms with Crippen molar-refractivity contribution >= 4 is 22.9 Å². The number of thiophene rings is 1. The molecule has 1 heterocycles. The molecule has 78 valence electrons. The van der Waals surface area contributed by atoms with E-state index in [-0.39, 0.29) is 0 Å². The summed E-state index contributed by atoms with van der Waals surface area (Å²) in [7, 11) is 0. The highest BCUT2D eigenvalue weighted by molar-refractivity contribution is 7.10. The van der Waals surface area contributed by atoms with E-state index in [1.807, 2.05) is 6.07 Å². The quantitative estimate of drug-likeness (QED) is 0.737. The summed E-state index contributed by atoms with van der Waals surface area (Å²) in [6.07, 6.45) is 6.43. The van der Waals surface area contributed by atoms with Crippen molar-refractivity contribution in [1.82, 2.24) is 5.32 Å². The lowest BCUT2D eigenvalue weighted by atomic mass is 10.2. The van der Waals surface area contributed by atoms with Crippen LogP contribution in [-0.4, -0.2) is 12.6 Å². The van der Waals surface area contributed by atoms with Crippen LogP contribution in [0.1, 0.15) is 30.6 Å². The molecule has 1 saturated carbocycles. The van der Waals surface area contributed by atoms with Gasteiger partial charge in [-0.05, 0) is 50.1 Å². The highest BCUT2D eigenvalue weighted by atomic mass is 35.5. The first-order chi connectivity index (χ1) is 6.86. The van der Waals surface area contributed by atoms with Gasteiger partial charge >= 0.3 is 0 Å². The van der Waals surface area contributed by atoms with Gasteiger partial charge in [0.2, 0.25) is 0 Å². The first kappa shape index (κ1) is 10.5. The molecule has 1 aromatic heterocycles. The average Bonchev–Trinajstić information content (AvgIpc) is 2.91. The first-order valence-electron chi connectivity index (χ1n) is 5.31. The van der Waals surface area contributed by atoms with E-state index in [4.69, 9.17) is 11.6 Å². The van der Waals surface area contributed by atoms with Crippen LogP contribution in [0.15, 0.2) is 11.4 Å². The third-order valence-corrected chi connectivity index (χ3v) is 3.98. The molecule has 1 nitrogen and oxygen atoms in total. The predicted octanol–water partition coefficient (Wildman–Crippen LogP) is 3.48. The molecule has 14 heavy (non-hydrogen) atoms. The van der Waals surface area contributed by atoms with Gasteiger partial charge in [-0.1, -0.05) is 11.6 Å². The minimum absolute atomic E-state index is 0.848. The van der Waals surface area contributed by atoms with Crippen molar-refractivity contribution < 1.29 is 0 Å². The smallest absolute Gasteiger partial charge is 0.0544 e. The lowest BCUT2D eigenvalue weighted by Gasteiger charge is -2.01. The Hall–Kier alpha value is -0.0500. The molecule has 0 aromatic carbocycles. The second kappa shape index (κ2) is 5.15. The second-order valence-corrected chi connectivity index (χ2v) is 5.29. The topological polar surface area (TPSA) is 12.0 Å². The number of hydrogen-bond acceptors (Lipinski definition) is 2. The summed E-state index contributed by atoms with van der Waals surface area (Å²) < 4.78 is 0. The molecule has 1 N–H and O–H groups in total. The molecule has 1 aliphatic carbocycles. The van der Waals surface area contributed by atoms with Gasteiger partial charge in [-0.15, -0.1) is 11.3 Å². The van der Waals surface area contributed by atoms with E-state index < -0.39 is 0 Å². The fourth-order valence-electron chi connectivity index (χ4n) is 1.51.